The third-order valence-corrected chi connectivity index (χ3v) is 7.85. The normalized spacial score (nSPS) is 14.7. The van der Waals surface area contributed by atoms with E-state index in [-0.39, 0.29) is 59.6 Å². The van der Waals surface area contributed by atoms with E-state index < -0.39 is 34.9 Å². The van der Waals surface area contributed by atoms with Gasteiger partial charge in [-0.05, 0) is 28.5 Å². The molecule has 4 rings (SSSR count). The quantitative estimate of drug-likeness (QED) is 0.288. The fourth-order valence-corrected chi connectivity index (χ4v) is 6.22. The third-order valence-electron chi connectivity index (χ3n) is 4.56. The van der Waals surface area contributed by atoms with E-state index in [1.54, 1.807) is 0 Å². The van der Waals surface area contributed by atoms with Gasteiger partial charge in [0.1, 0.15) is 4.90 Å². The van der Waals surface area contributed by atoms with Crippen LogP contribution in [0.1, 0.15) is 0 Å². The Morgan fingerprint density at radius 1 is 1.07 bits per heavy atom. The molecular formula is C15H16IN7O5S2. The van der Waals surface area contributed by atoms with E-state index >= 15 is 0 Å². The number of H-pyrrole nitrogens is 2. The van der Waals surface area contributed by atoms with Crippen molar-refractivity contribution in [2.24, 2.45) is 5.14 Å². The summed E-state index contributed by atoms with van der Waals surface area (Å²) in [6, 6.07) is 5.32. The van der Waals surface area contributed by atoms with Crippen LogP contribution in [0.4, 0.5) is 0 Å². The van der Waals surface area contributed by atoms with E-state index in [0.29, 0.717) is 5.56 Å². The predicted molar refractivity (Wildman–Crippen MR) is 116 cm³/mol. The molecular weight excluding hydrogens is 549 g/mol. The summed E-state index contributed by atoms with van der Waals surface area (Å²) in [5, 5.41) is 20.8. The highest BCUT2D eigenvalue weighted by Gasteiger charge is 2.38. The highest BCUT2D eigenvalue weighted by Crippen LogP contribution is 2.39. The van der Waals surface area contributed by atoms with Gasteiger partial charge in [0.15, 0.2) is 9.84 Å². The SMILES string of the molecule is I.NS(=O)(=O)c1c(S(=O)(=O)C2CNC2)ccc(-c2ccc(=O)[nH]c2)c1-c1nn[nH]n1. The number of primary sulfonamides is 1. The smallest absolute Gasteiger partial charge is 0.247 e. The molecule has 0 amide bonds. The molecule has 0 spiro atoms. The van der Waals surface area contributed by atoms with Crippen LogP contribution in [-0.4, -0.2) is 60.8 Å². The number of hydrogen-bond acceptors (Lipinski definition) is 9. The van der Waals surface area contributed by atoms with E-state index in [0.717, 1.165) is 0 Å². The number of benzene rings is 1. The van der Waals surface area contributed by atoms with Crippen molar-refractivity contribution in [1.29, 1.82) is 0 Å². The molecule has 3 heterocycles. The monoisotopic (exact) mass is 565 g/mol. The Balaban J connectivity index is 0.00000256. The minimum atomic E-state index is -4.52. The Kier molecular flexibility index (Phi) is 6.10. The number of pyridine rings is 1. The molecule has 1 saturated heterocycles. The lowest BCUT2D eigenvalue weighted by molar-refractivity contribution is 0.493. The first-order chi connectivity index (χ1) is 13.7. The van der Waals surface area contributed by atoms with Gasteiger partial charge in [0.05, 0.1) is 15.7 Å². The number of tetrazole rings is 1. The van der Waals surface area contributed by atoms with Gasteiger partial charge in [-0.25, -0.2) is 22.0 Å². The summed E-state index contributed by atoms with van der Waals surface area (Å²) in [6.45, 7) is 0.400. The average molecular weight is 565 g/mol. The number of hydrogen-bond donors (Lipinski definition) is 4. The molecule has 12 nitrogen and oxygen atoms in total. The van der Waals surface area contributed by atoms with Crippen LogP contribution in [-0.2, 0) is 19.9 Å². The molecule has 3 aromatic rings. The van der Waals surface area contributed by atoms with Gasteiger partial charge in [-0.2, -0.15) is 5.21 Å². The summed E-state index contributed by atoms with van der Waals surface area (Å²) in [5.41, 5.74) is 0.181. The summed E-state index contributed by atoms with van der Waals surface area (Å²) in [6.07, 6.45) is 1.36. The number of aromatic nitrogens is 5. The van der Waals surface area contributed by atoms with Crippen LogP contribution in [0.2, 0.25) is 0 Å². The van der Waals surface area contributed by atoms with Crippen molar-refractivity contribution in [2.75, 3.05) is 13.1 Å². The fraction of sp³-hybridized carbons (Fsp3) is 0.200. The van der Waals surface area contributed by atoms with Gasteiger partial charge < -0.3 is 10.3 Å². The van der Waals surface area contributed by atoms with Crippen LogP contribution in [0, 0.1) is 0 Å². The van der Waals surface area contributed by atoms with Crippen molar-refractivity contribution < 1.29 is 16.8 Å². The van der Waals surface area contributed by atoms with Gasteiger partial charge >= 0.3 is 0 Å². The van der Waals surface area contributed by atoms with E-state index in [4.69, 9.17) is 5.14 Å². The number of rotatable bonds is 5. The zero-order valence-corrected chi connectivity index (χ0v) is 19.0. The van der Waals surface area contributed by atoms with Crippen LogP contribution in [0.15, 0.2) is 45.0 Å². The van der Waals surface area contributed by atoms with Crippen LogP contribution in [0.25, 0.3) is 22.5 Å². The number of nitrogens with zero attached hydrogens (tertiary/aromatic N) is 3. The van der Waals surface area contributed by atoms with E-state index in [1.165, 1.54) is 30.5 Å². The summed E-state index contributed by atoms with van der Waals surface area (Å²) in [7, 11) is -8.52. The van der Waals surface area contributed by atoms with Crippen LogP contribution in [0.5, 0.6) is 0 Å². The van der Waals surface area contributed by atoms with E-state index in [1.807, 2.05) is 0 Å². The Morgan fingerprint density at radius 3 is 2.30 bits per heavy atom. The molecule has 1 aliphatic heterocycles. The molecule has 30 heavy (non-hydrogen) atoms. The predicted octanol–water partition coefficient (Wildman–Crippen LogP) is -0.767. The molecule has 1 aromatic carbocycles. The first-order valence-corrected chi connectivity index (χ1v) is 11.4. The van der Waals surface area contributed by atoms with Gasteiger partial charge in [0.2, 0.25) is 21.4 Å². The van der Waals surface area contributed by atoms with E-state index in [2.05, 4.69) is 30.9 Å². The molecule has 0 radical (unpaired) electrons. The van der Waals surface area contributed by atoms with Crippen molar-refractivity contribution in [3.8, 4) is 22.5 Å². The second kappa shape index (κ2) is 8.14. The maximum atomic E-state index is 13.0. The fourth-order valence-electron chi connectivity index (χ4n) is 3.04. The minimum Gasteiger partial charge on any atom is -0.328 e. The number of nitrogens with two attached hydrogens (primary N) is 1. The van der Waals surface area contributed by atoms with Crippen LogP contribution in [0.3, 0.4) is 0 Å². The molecule has 5 N–H and O–H groups in total. The average Bonchev–Trinajstić information content (AvgIpc) is 3.13. The van der Waals surface area contributed by atoms with Crippen LogP contribution >= 0.6 is 24.0 Å². The number of sulfone groups is 1. The van der Waals surface area contributed by atoms with Gasteiger partial charge in [-0.3, -0.25) is 4.79 Å². The molecule has 0 bridgehead atoms. The van der Waals surface area contributed by atoms with Crippen LogP contribution < -0.4 is 16.0 Å². The molecule has 2 aromatic heterocycles. The molecule has 15 heteroatoms. The third kappa shape index (κ3) is 3.89. The molecule has 0 unspecified atom stereocenters. The highest BCUT2D eigenvalue weighted by atomic mass is 127. The van der Waals surface area contributed by atoms with E-state index in [9.17, 15) is 21.6 Å². The molecule has 160 valence electrons. The van der Waals surface area contributed by atoms with Gasteiger partial charge in [-0.15, -0.1) is 34.2 Å². The number of sulfonamides is 1. The topological polar surface area (TPSA) is 194 Å². The first-order valence-electron chi connectivity index (χ1n) is 8.27. The Labute approximate surface area is 187 Å². The molecule has 0 atom stereocenters. The summed E-state index contributed by atoms with van der Waals surface area (Å²) in [4.78, 5) is 12.8. The lowest BCUT2D eigenvalue weighted by atomic mass is 10.0. The standard InChI is InChI=1S/C15H15N7O5S2.HI/c16-29(26,27)14-11(28(24,25)9-6-17-7-9)3-2-10(8-1-4-12(23)18-5-8)13(14)15-19-21-22-20-15;/h1-5,9,17H,6-7H2,(H,18,23)(H2,16,26,27)(H,19,20,21,22);1H. The van der Waals surface area contributed by atoms with Crippen molar-refractivity contribution in [3.63, 3.8) is 0 Å². The lowest BCUT2D eigenvalue weighted by Crippen LogP contribution is -2.51. The second-order valence-electron chi connectivity index (χ2n) is 6.36. The van der Waals surface area contributed by atoms with Crippen molar-refractivity contribution >= 4 is 43.8 Å². The maximum absolute atomic E-state index is 13.0. The van der Waals surface area contributed by atoms with Gasteiger partial charge in [-0.1, -0.05) is 6.07 Å². The van der Waals surface area contributed by atoms with Gasteiger partial charge in [0, 0.05) is 25.4 Å². The zero-order valence-electron chi connectivity index (χ0n) is 15.1. The summed E-state index contributed by atoms with van der Waals surface area (Å²) < 4.78 is 51.1. The molecule has 0 saturated carbocycles. The summed E-state index contributed by atoms with van der Waals surface area (Å²) >= 11 is 0. The minimum absolute atomic E-state index is 0. The number of nitrogens with one attached hydrogen (secondary N) is 3. The molecule has 0 aliphatic carbocycles. The zero-order chi connectivity index (χ0) is 20.8. The lowest BCUT2D eigenvalue weighted by Gasteiger charge is -2.28. The Hall–Kier alpha value is -2.21. The highest BCUT2D eigenvalue weighted by molar-refractivity contribution is 14.0. The van der Waals surface area contributed by atoms with Crippen molar-refractivity contribution in [2.45, 2.75) is 15.0 Å². The van der Waals surface area contributed by atoms with Crippen molar-refractivity contribution in [3.05, 3.63) is 40.8 Å². The number of halogens is 1. The second-order valence-corrected chi connectivity index (χ2v) is 10.1. The number of aromatic amines is 2. The molecule has 1 aliphatic rings. The summed E-state index contributed by atoms with van der Waals surface area (Å²) in [5.74, 6) is -0.154. The first kappa shape index (κ1) is 22.5. The Bertz CT molecular complexity index is 1330. The van der Waals surface area contributed by atoms with Crippen molar-refractivity contribution in [1.82, 2.24) is 30.9 Å². The maximum Gasteiger partial charge on any atom is 0.247 e. The largest absolute Gasteiger partial charge is 0.328 e. The Morgan fingerprint density at radius 2 is 1.80 bits per heavy atom. The van der Waals surface area contributed by atoms with Gasteiger partial charge in [0.25, 0.3) is 0 Å². The molecule has 1 fully saturated rings.